The van der Waals surface area contributed by atoms with Crippen LogP contribution in [0.3, 0.4) is 0 Å². The van der Waals surface area contributed by atoms with Crippen molar-refractivity contribution in [3.05, 3.63) is 101 Å². The number of benzene rings is 3. The summed E-state index contributed by atoms with van der Waals surface area (Å²) in [5.41, 5.74) is -0.573. The number of hydrogen-bond donors (Lipinski definition) is 0. The highest BCUT2D eigenvalue weighted by Gasteiger charge is 2.39. The van der Waals surface area contributed by atoms with E-state index in [0.717, 1.165) is 29.9 Å². The van der Waals surface area contributed by atoms with Crippen molar-refractivity contribution >= 4 is 11.6 Å². The molecule has 2 atom stereocenters. The molecule has 0 aromatic heterocycles. The van der Waals surface area contributed by atoms with Gasteiger partial charge in [-0.15, -0.1) is 0 Å². The molecule has 0 aliphatic carbocycles. The maximum Gasteiger partial charge on any atom is 0.416 e. The minimum Gasteiger partial charge on any atom is -0.378 e. The van der Waals surface area contributed by atoms with Gasteiger partial charge in [0.1, 0.15) is 0 Å². The Hall–Kier alpha value is -3.53. The molecule has 2 heterocycles. The van der Waals surface area contributed by atoms with E-state index in [0.29, 0.717) is 31.8 Å². The topological polar surface area (TPSA) is 32.8 Å². The maximum atomic E-state index is 13.4. The van der Waals surface area contributed by atoms with Crippen molar-refractivity contribution in [1.82, 2.24) is 4.90 Å². The van der Waals surface area contributed by atoms with E-state index in [4.69, 9.17) is 4.74 Å². The Labute approximate surface area is 228 Å². The van der Waals surface area contributed by atoms with E-state index >= 15 is 0 Å². The third-order valence-corrected chi connectivity index (χ3v) is 7.66. The molecule has 10 heteroatoms. The summed E-state index contributed by atoms with van der Waals surface area (Å²) in [6.45, 7) is 3.20. The summed E-state index contributed by atoms with van der Waals surface area (Å²) < 4.78 is 86.0. The minimum atomic E-state index is -5.03. The molecule has 2 aliphatic heterocycles. The Morgan fingerprint density at radius 1 is 0.725 bits per heavy atom. The number of halogens is 6. The molecular formula is C30H28F6N2O2. The third-order valence-electron chi connectivity index (χ3n) is 7.66. The van der Waals surface area contributed by atoms with Crippen LogP contribution in [0, 0.1) is 0 Å². The Balaban J connectivity index is 1.45. The first kappa shape index (κ1) is 28.0. The van der Waals surface area contributed by atoms with Crippen molar-refractivity contribution in [3.8, 4) is 0 Å². The number of alkyl halides is 6. The van der Waals surface area contributed by atoms with Gasteiger partial charge in [-0.25, -0.2) is 0 Å². The lowest BCUT2D eigenvalue weighted by Gasteiger charge is -2.39. The Morgan fingerprint density at radius 3 is 1.88 bits per heavy atom. The molecule has 5 rings (SSSR count). The van der Waals surface area contributed by atoms with Crippen LogP contribution < -0.4 is 4.90 Å². The average molecular weight is 563 g/mol. The highest BCUT2D eigenvalue weighted by atomic mass is 19.4. The Bertz CT molecular complexity index is 1290. The van der Waals surface area contributed by atoms with Gasteiger partial charge in [-0.3, -0.25) is 4.79 Å². The van der Waals surface area contributed by atoms with Gasteiger partial charge in [-0.05, 0) is 53.8 Å². The normalized spacial score (nSPS) is 20.4. The van der Waals surface area contributed by atoms with Crippen LogP contribution >= 0.6 is 0 Å². The van der Waals surface area contributed by atoms with E-state index in [1.165, 1.54) is 4.90 Å². The van der Waals surface area contributed by atoms with Gasteiger partial charge in [-0.2, -0.15) is 26.3 Å². The summed E-state index contributed by atoms with van der Waals surface area (Å²) in [6, 6.07) is 18.8. The van der Waals surface area contributed by atoms with E-state index < -0.39 is 35.0 Å². The SMILES string of the molecule is O=C(c1cc(C(F)(F)F)cc(C(F)(F)F)c1)N1CCC(c2ccccc2)C(c2ccc(N3CCOCC3)cc2)C1. The standard InChI is InChI=1S/C30H28F6N2O2/c31-29(32,33)23-16-22(17-24(18-23)30(34,35)36)28(39)38-11-10-26(20-4-2-1-3-5-20)27(19-38)21-6-8-25(9-7-21)37-12-14-40-15-13-37/h1-9,16-18,26-27H,10-15,19H2. The third kappa shape index (κ3) is 6.11. The second-order valence-corrected chi connectivity index (χ2v) is 10.1. The van der Waals surface area contributed by atoms with Gasteiger partial charge in [0.25, 0.3) is 5.91 Å². The van der Waals surface area contributed by atoms with Crippen molar-refractivity contribution in [2.24, 2.45) is 0 Å². The second-order valence-electron chi connectivity index (χ2n) is 10.1. The predicted molar refractivity (Wildman–Crippen MR) is 138 cm³/mol. The average Bonchev–Trinajstić information content (AvgIpc) is 2.96. The number of carbonyl (C=O) groups is 1. The largest absolute Gasteiger partial charge is 0.416 e. The molecule has 2 unspecified atom stereocenters. The Kier molecular flexibility index (Phi) is 7.81. The van der Waals surface area contributed by atoms with Crippen molar-refractivity contribution < 1.29 is 35.9 Å². The van der Waals surface area contributed by atoms with Crippen molar-refractivity contribution in [2.45, 2.75) is 30.6 Å². The molecule has 0 bridgehead atoms. The number of morpholine rings is 1. The van der Waals surface area contributed by atoms with E-state index in [9.17, 15) is 31.1 Å². The molecule has 40 heavy (non-hydrogen) atoms. The molecule has 2 aliphatic rings. The number of piperidine rings is 1. The monoisotopic (exact) mass is 562 g/mol. The Morgan fingerprint density at radius 2 is 1.30 bits per heavy atom. The predicted octanol–water partition coefficient (Wildman–Crippen LogP) is 6.97. The molecule has 2 fully saturated rings. The zero-order valence-electron chi connectivity index (χ0n) is 21.5. The van der Waals surface area contributed by atoms with Crippen LogP contribution in [-0.2, 0) is 17.1 Å². The molecule has 0 radical (unpaired) electrons. The van der Waals surface area contributed by atoms with Gasteiger partial charge >= 0.3 is 12.4 Å². The fraction of sp³-hybridized carbons (Fsp3) is 0.367. The zero-order chi connectivity index (χ0) is 28.5. The van der Waals surface area contributed by atoms with Crippen LogP contribution in [0.4, 0.5) is 32.0 Å². The number of amides is 1. The smallest absolute Gasteiger partial charge is 0.378 e. The first-order chi connectivity index (χ1) is 19.0. The van der Waals surface area contributed by atoms with E-state index in [1.807, 2.05) is 54.6 Å². The maximum absolute atomic E-state index is 13.4. The molecule has 3 aromatic carbocycles. The highest BCUT2D eigenvalue weighted by molar-refractivity contribution is 5.95. The molecule has 0 spiro atoms. The van der Waals surface area contributed by atoms with Gasteiger partial charge in [-0.1, -0.05) is 42.5 Å². The second kappa shape index (κ2) is 11.2. The molecule has 1 amide bonds. The quantitative estimate of drug-likeness (QED) is 0.322. The van der Waals surface area contributed by atoms with Gasteiger partial charge in [0.15, 0.2) is 0 Å². The summed E-state index contributed by atoms with van der Waals surface area (Å²) in [4.78, 5) is 17.0. The summed E-state index contributed by atoms with van der Waals surface area (Å²) in [6.07, 6.45) is -9.54. The lowest BCUT2D eigenvalue weighted by atomic mass is 9.76. The molecule has 212 valence electrons. The first-order valence-electron chi connectivity index (χ1n) is 13.1. The zero-order valence-corrected chi connectivity index (χ0v) is 21.5. The summed E-state index contributed by atoms with van der Waals surface area (Å²) >= 11 is 0. The number of carbonyl (C=O) groups excluding carboxylic acids is 1. The fourth-order valence-electron chi connectivity index (χ4n) is 5.59. The van der Waals surface area contributed by atoms with E-state index in [-0.39, 0.29) is 31.0 Å². The first-order valence-corrected chi connectivity index (χ1v) is 13.1. The van der Waals surface area contributed by atoms with Crippen LogP contribution in [0.25, 0.3) is 0 Å². The van der Waals surface area contributed by atoms with Crippen LogP contribution in [0.5, 0.6) is 0 Å². The highest BCUT2D eigenvalue weighted by Crippen LogP contribution is 2.41. The summed E-state index contributed by atoms with van der Waals surface area (Å²) in [5.74, 6) is -1.03. The minimum absolute atomic E-state index is 0.0201. The van der Waals surface area contributed by atoms with Crippen molar-refractivity contribution in [2.75, 3.05) is 44.3 Å². The van der Waals surface area contributed by atoms with Gasteiger partial charge in [0.05, 0.1) is 24.3 Å². The van der Waals surface area contributed by atoms with Crippen LogP contribution in [0.15, 0.2) is 72.8 Å². The number of likely N-dealkylation sites (tertiary alicyclic amines) is 1. The molecule has 2 saturated heterocycles. The number of nitrogens with zero attached hydrogens (tertiary/aromatic N) is 2. The van der Waals surface area contributed by atoms with Gasteiger partial charge in [0.2, 0.25) is 0 Å². The van der Waals surface area contributed by atoms with Crippen molar-refractivity contribution in [1.29, 1.82) is 0 Å². The van der Waals surface area contributed by atoms with Gasteiger partial charge < -0.3 is 14.5 Å². The van der Waals surface area contributed by atoms with E-state index in [1.54, 1.807) is 0 Å². The van der Waals surface area contributed by atoms with Crippen LogP contribution in [0.2, 0.25) is 0 Å². The number of anilines is 1. The number of rotatable bonds is 4. The fourth-order valence-corrected chi connectivity index (χ4v) is 5.59. The number of ether oxygens (including phenoxy) is 1. The van der Waals surface area contributed by atoms with Crippen LogP contribution in [0.1, 0.15) is 50.9 Å². The summed E-state index contributed by atoms with van der Waals surface area (Å²) in [7, 11) is 0. The lowest BCUT2D eigenvalue weighted by Crippen LogP contribution is -2.42. The number of hydrogen-bond acceptors (Lipinski definition) is 3. The molecule has 0 saturated carbocycles. The van der Waals surface area contributed by atoms with E-state index in [2.05, 4.69) is 4.90 Å². The van der Waals surface area contributed by atoms with Gasteiger partial charge in [0, 0.05) is 43.3 Å². The van der Waals surface area contributed by atoms with Crippen LogP contribution in [-0.4, -0.2) is 50.2 Å². The molecule has 4 nitrogen and oxygen atoms in total. The lowest BCUT2D eigenvalue weighted by molar-refractivity contribution is -0.143. The summed E-state index contributed by atoms with van der Waals surface area (Å²) in [5, 5.41) is 0. The molecule has 3 aromatic rings. The molecular weight excluding hydrogens is 534 g/mol. The van der Waals surface area contributed by atoms with Crippen molar-refractivity contribution in [3.63, 3.8) is 0 Å². The molecule has 0 N–H and O–H groups in total.